The monoisotopic (exact) mass is 488 g/mol. The summed E-state index contributed by atoms with van der Waals surface area (Å²) in [7, 11) is 0. The van der Waals surface area contributed by atoms with Gasteiger partial charge >= 0.3 is 5.69 Å². The highest BCUT2D eigenvalue weighted by atomic mass is 32.2. The van der Waals surface area contributed by atoms with Gasteiger partial charge in [-0.1, -0.05) is 54.2 Å². The molecular weight excluding hydrogens is 464 g/mol. The largest absolute Gasteiger partial charge is 0.384 e. The van der Waals surface area contributed by atoms with Gasteiger partial charge in [0.1, 0.15) is 17.2 Å². The Labute approximate surface area is 205 Å². The van der Waals surface area contributed by atoms with Crippen LogP contribution in [0.1, 0.15) is 46.2 Å². The summed E-state index contributed by atoms with van der Waals surface area (Å²) in [5.74, 6) is 0.116. The zero-order chi connectivity index (χ0) is 24.5. The van der Waals surface area contributed by atoms with Crippen molar-refractivity contribution in [3.05, 3.63) is 98.0 Å². The summed E-state index contributed by atoms with van der Waals surface area (Å²) in [6.45, 7) is 2.00. The molecule has 10 heteroatoms. The van der Waals surface area contributed by atoms with Crippen LogP contribution in [-0.2, 0) is 6.42 Å². The molecule has 1 fully saturated rings. The third-order valence-electron chi connectivity index (χ3n) is 5.87. The lowest BCUT2D eigenvalue weighted by atomic mass is 10.1. The average molecular weight is 489 g/mol. The summed E-state index contributed by atoms with van der Waals surface area (Å²) < 4.78 is 3.24. The maximum absolute atomic E-state index is 13.1. The molecule has 2 heterocycles. The highest BCUT2D eigenvalue weighted by molar-refractivity contribution is 7.99. The standard InChI is InChI=1S/C25H24N6O3S/c1-15-6-5-9-18(12-15)30-20(13-16-7-3-2-4-8-16)28-29-25(30)35-14-19(32)21-22(26)31(17-10-11-17)24(34)27-23(21)33/h2-9,12,17H,10-11,13-14,26H2,1H3,(H,27,33,34). The summed E-state index contributed by atoms with van der Waals surface area (Å²) in [5.41, 5.74) is 7.62. The predicted octanol–water partition coefficient (Wildman–Crippen LogP) is 2.91. The van der Waals surface area contributed by atoms with Crippen LogP contribution in [-0.4, -0.2) is 35.9 Å². The van der Waals surface area contributed by atoms with Crippen LogP contribution in [0.2, 0.25) is 0 Å². The molecule has 0 bridgehead atoms. The molecule has 9 nitrogen and oxygen atoms in total. The first-order valence-electron chi connectivity index (χ1n) is 11.3. The van der Waals surface area contributed by atoms with Crippen molar-refractivity contribution in [2.75, 3.05) is 11.5 Å². The molecule has 2 aromatic heterocycles. The van der Waals surface area contributed by atoms with Gasteiger partial charge in [0.2, 0.25) is 0 Å². The van der Waals surface area contributed by atoms with Gasteiger partial charge in [0.05, 0.1) is 5.75 Å². The molecule has 2 aromatic carbocycles. The van der Waals surface area contributed by atoms with Gasteiger partial charge in [-0.05, 0) is 43.0 Å². The number of aryl methyl sites for hydroxylation is 1. The van der Waals surface area contributed by atoms with Gasteiger partial charge < -0.3 is 5.73 Å². The highest BCUT2D eigenvalue weighted by Crippen LogP contribution is 2.35. The van der Waals surface area contributed by atoms with E-state index in [4.69, 9.17) is 5.73 Å². The molecule has 0 aliphatic heterocycles. The molecule has 0 spiro atoms. The van der Waals surface area contributed by atoms with Gasteiger partial charge in [-0.15, -0.1) is 10.2 Å². The van der Waals surface area contributed by atoms with Crippen molar-refractivity contribution in [2.24, 2.45) is 0 Å². The van der Waals surface area contributed by atoms with Crippen LogP contribution < -0.4 is 17.0 Å². The number of carbonyl (C=O) groups excluding carboxylic acids is 1. The lowest BCUT2D eigenvalue weighted by Crippen LogP contribution is -2.36. The van der Waals surface area contributed by atoms with E-state index < -0.39 is 17.0 Å². The molecule has 35 heavy (non-hydrogen) atoms. The van der Waals surface area contributed by atoms with Crippen molar-refractivity contribution in [3.63, 3.8) is 0 Å². The minimum Gasteiger partial charge on any atom is -0.384 e. The molecule has 0 amide bonds. The third kappa shape index (κ3) is 4.69. The van der Waals surface area contributed by atoms with E-state index in [1.165, 1.54) is 16.3 Å². The second-order valence-corrected chi connectivity index (χ2v) is 9.51. The number of aromatic amines is 1. The van der Waals surface area contributed by atoms with Crippen molar-refractivity contribution < 1.29 is 4.79 Å². The summed E-state index contributed by atoms with van der Waals surface area (Å²) in [4.78, 5) is 39.9. The summed E-state index contributed by atoms with van der Waals surface area (Å²) >= 11 is 1.18. The average Bonchev–Trinajstić information content (AvgIpc) is 3.58. The van der Waals surface area contributed by atoms with Crippen molar-refractivity contribution in [1.82, 2.24) is 24.3 Å². The molecule has 0 unspecified atom stereocenters. The number of ketones is 1. The maximum atomic E-state index is 13.1. The summed E-state index contributed by atoms with van der Waals surface area (Å²) in [5, 5.41) is 9.28. The Morgan fingerprint density at radius 2 is 1.89 bits per heavy atom. The zero-order valence-corrected chi connectivity index (χ0v) is 19.9. The van der Waals surface area contributed by atoms with Crippen LogP contribution in [0, 0.1) is 6.92 Å². The molecule has 1 aliphatic carbocycles. The highest BCUT2D eigenvalue weighted by Gasteiger charge is 2.30. The van der Waals surface area contributed by atoms with E-state index in [0.717, 1.165) is 35.5 Å². The fraction of sp³-hybridized carbons (Fsp3) is 0.240. The van der Waals surface area contributed by atoms with E-state index in [0.29, 0.717) is 11.6 Å². The van der Waals surface area contributed by atoms with Gasteiger partial charge in [0.15, 0.2) is 10.9 Å². The predicted molar refractivity (Wildman–Crippen MR) is 134 cm³/mol. The number of anilines is 1. The Kier molecular flexibility index (Phi) is 6.12. The van der Waals surface area contributed by atoms with Crippen LogP contribution in [0.5, 0.6) is 0 Å². The Balaban J connectivity index is 1.46. The van der Waals surface area contributed by atoms with Gasteiger partial charge in [0, 0.05) is 18.2 Å². The second-order valence-electron chi connectivity index (χ2n) is 8.57. The Morgan fingerprint density at radius 1 is 1.11 bits per heavy atom. The van der Waals surface area contributed by atoms with Gasteiger partial charge in [-0.2, -0.15) is 0 Å². The molecule has 0 saturated heterocycles. The number of nitrogen functional groups attached to an aromatic ring is 1. The minimum atomic E-state index is -0.764. The second kappa shape index (κ2) is 9.38. The fourth-order valence-electron chi connectivity index (χ4n) is 4.05. The van der Waals surface area contributed by atoms with E-state index in [9.17, 15) is 14.4 Å². The maximum Gasteiger partial charge on any atom is 0.330 e. The van der Waals surface area contributed by atoms with Crippen molar-refractivity contribution in [3.8, 4) is 5.69 Å². The molecule has 1 aliphatic rings. The number of nitrogens with zero attached hydrogens (tertiary/aromatic N) is 4. The third-order valence-corrected chi connectivity index (χ3v) is 6.80. The Hall–Kier alpha value is -3.92. The molecule has 3 N–H and O–H groups in total. The van der Waals surface area contributed by atoms with E-state index in [1.807, 2.05) is 66.1 Å². The first kappa shape index (κ1) is 22.9. The number of H-pyrrole nitrogens is 1. The van der Waals surface area contributed by atoms with E-state index >= 15 is 0 Å². The number of thioether (sulfide) groups is 1. The number of hydrogen-bond donors (Lipinski definition) is 2. The van der Waals surface area contributed by atoms with Crippen LogP contribution in [0.15, 0.2) is 69.3 Å². The number of benzene rings is 2. The number of nitrogens with two attached hydrogens (primary N) is 1. The van der Waals surface area contributed by atoms with Crippen LogP contribution in [0.4, 0.5) is 5.82 Å². The molecule has 0 radical (unpaired) electrons. The van der Waals surface area contributed by atoms with E-state index in [1.54, 1.807) is 0 Å². The number of aromatic nitrogens is 5. The number of Topliss-reactive ketones (excluding diaryl/α,β-unsaturated/α-hetero) is 1. The molecule has 1 saturated carbocycles. The summed E-state index contributed by atoms with van der Waals surface area (Å²) in [6, 6.07) is 17.8. The number of hydrogen-bond acceptors (Lipinski definition) is 7. The number of rotatable bonds is 8. The summed E-state index contributed by atoms with van der Waals surface area (Å²) in [6.07, 6.45) is 2.15. The first-order chi connectivity index (χ1) is 16.9. The van der Waals surface area contributed by atoms with Crippen molar-refractivity contribution in [2.45, 2.75) is 37.4 Å². The van der Waals surface area contributed by atoms with Crippen LogP contribution in [0.3, 0.4) is 0 Å². The normalized spacial score (nSPS) is 13.2. The van der Waals surface area contributed by atoms with Crippen LogP contribution >= 0.6 is 11.8 Å². The fourth-order valence-corrected chi connectivity index (χ4v) is 4.89. The van der Waals surface area contributed by atoms with Gasteiger partial charge in [-0.3, -0.25) is 23.7 Å². The Morgan fingerprint density at radius 3 is 2.60 bits per heavy atom. The van der Waals surface area contributed by atoms with Crippen molar-refractivity contribution in [1.29, 1.82) is 0 Å². The van der Waals surface area contributed by atoms with Gasteiger partial charge in [-0.25, -0.2) is 4.79 Å². The lowest BCUT2D eigenvalue weighted by molar-refractivity contribution is 0.102. The van der Waals surface area contributed by atoms with Crippen molar-refractivity contribution >= 4 is 23.4 Å². The molecule has 4 aromatic rings. The molecular formula is C25H24N6O3S. The van der Waals surface area contributed by atoms with Crippen LogP contribution in [0.25, 0.3) is 5.69 Å². The SMILES string of the molecule is Cc1cccc(-n2c(Cc3ccccc3)nnc2SCC(=O)c2c(N)n(C3CC3)c(=O)[nH]c2=O)c1. The smallest absolute Gasteiger partial charge is 0.330 e. The lowest BCUT2D eigenvalue weighted by Gasteiger charge is -2.12. The van der Waals surface area contributed by atoms with Gasteiger partial charge in [0.25, 0.3) is 5.56 Å². The van der Waals surface area contributed by atoms with E-state index in [-0.39, 0.29) is 23.2 Å². The zero-order valence-electron chi connectivity index (χ0n) is 19.1. The topological polar surface area (TPSA) is 129 Å². The number of nitrogens with one attached hydrogen (secondary N) is 1. The molecule has 178 valence electrons. The molecule has 0 atom stereocenters. The molecule has 5 rings (SSSR count). The first-order valence-corrected chi connectivity index (χ1v) is 12.3. The van der Waals surface area contributed by atoms with E-state index in [2.05, 4.69) is 15.2 Å². The Bertz CT molecular complexity index is 1520. The minimum absolute atomic E-state index is 0.0662. The number of carbonyl (C=O) groups is 1. The quantitative estimate of drug-likeness (QED) is 0.288.